The smallest absolute Gasteiger partial charge is 0.323 e. The van der Waals surface area contributed by atoms with Gasteiger partial charge in [0, 0.05) is 36.7 Å². The van der Waals surface area contributed by atoms with Crippen molar-refractivity contribution in [2.45, 2.75) is 43.0 Å². The van der Waals surface area contributed by atoms with Crippen molar-refractivity contribution < 1.29 is 32.6 Å². The van der Waals surface area contributed by atoms with Crippen LogP contribution in [0, 0.1) is 5.92 Å². The number of aliphatic carboxylic acids is 1. The van der Waals surface area contributed by atoms with Gasteiger partial charge >= 0.3 is 5.97 Å². The number of amides is 2. The zero-order valence-electron chi connectivity index (χ0n) is 20.8. The number of carboxylic acids is 1. The van der Waals surface area contributed by atoms with Crippen LogP contribution < -0.4 is 25.4 Å². The standard InChI is InChI=1S/C25H34N4O7S/c1-36-21-6-2-5-19-18(21)4-3-7-22(19)37(34,35)29-20(25(32)33)16-28-24(31)12-15-27-23(30)9-8-17-10-13-26-14-11-17/h2-7,17,20,26,29H,8-16H2,1H3,(H,27,30)(H,28,31)(H,32,33)/t20-/m0/s1. The van der Waals surface area contributed by atoms with Gasteiger partial charge in [0.15, 0.2) is 0 Å². The number of benzene rings is 2. The third kappa shape index (κ3) is 8.14. The van der Waals surface area contributed by atoms with Gasteiger partial charge in [-0.05, 0) is 50.4 Å². The fourth-order valence-corrected chi connectivity index (χ4v) is 5.72. The molecule has 12 heteroatoms. The molecule has 2 aromatic carbocycles. The van der Waals surface area contributed by atoms with Gasteiger partial charge in [-0.25, -0.2) is 8.42 Å². The van der Waals surface area contributed by atoms with Crippen molar-refractivity contribution in [3.05, 3.63) is 36.4 Å². The van der Waals surface area contributed by atoms with Crippen molar-refractivity contribution in [1.82, 2.24) is 20.7 Å². The van der Waals surface area contributed by atoms with Gasteiger partial charge in [-0.1, -0.05) is 24.3 Å². The number of carboxylic acid groups (broad SMARTS) is 1. The Morgan fingerprint density at radius 3 is 2.41 bits per heavy atom. The molecule has 0 aliphatic carbocycles. The molecule has 1 saturated heterocycles. The molecule has 5 N–H and O–H groups in total. The number of hydrogen-bond donors (Lipinski definition) is 5. The molecule has 1 aliphatic heterocycles. The summed E-state index contributed by atoms with van der Waals surface area (Å²) in [6.07, 6.45) is 3.26. The molecule has 11 nitrogen and oxygen atoms in total. The monoisotopic (exact) mass is 534 g/mol. The summed E-state index contributed by atoms with van der Waals surface area (Å²) in [4.78, 5) is 35.8. The molecular weight excluding hydrogens is 500 g/mol. The Kier molecular flexibility index (Phi) is 10.2. The Labute approximate surface area is 216 Å². The van der Waals surface area contributed by atoms with Crippen LogP contribution in [0.25, 0.3) is 10.8 Å². The minimum atomic E-state index is -4.25. The van der Waals surface area contributed by atoms with Crippen LogP contribution in [0.1, 0.15) is 32.1 Å². The molecule has 2 aromatic rings. The number of carbonyl (C=O) groups is 3. The summed E-state index contributed by atoms with van der Waals surface area (Å²) in [6, 6.07) is 7.96. The molecule has 0 radical (unpaired) electrons. The zero-order valence-corrected chi connectivity index (χ0v) is 21.6. The molecule has 202 valence electrons. The van der Waals surface area contributed by atoms with Gasteiger partial charge in [-0.15, -0.1) is 0 Å². The first-order valence-electron chi connectivity index (χ1n) is 12.3. The second kappa shape index (κ2) is 13.4. The normalized spacial score (nSPS) is 15.2. The summed E-state index contributed by atoms with van der Waals surface area (Å²) >= 11 is 0. The van der Waals surface area contributed by atoms with E-state index >= 15 is 0 Å². The average molecular weight is 535 g/mol. The number of nitrogens with one attached hydrogen (secondary N) is 4. The van der Waals surface area contributed by atoms with E-state index in [1.54, 1.807) is 24.3 Å². The summed E-state index contributed by atoms with van der Waals surface area (Å²) < 4.78 is 33.5. The lowest BCUT2D eigenvalue weighted by Crippen LogP contribution is -2.48. The van der Waals surface area contributed by atoms with Gasteiger partial charge in [-0.3, -0.25) is 14.4 Å². The number of ether oxygens (including phenoxy) is 1. The number of methoxy groups -OCH3 is 1. The zero-order chi connectivity index (χ0) is 26.8. The summed E-state index contributed by atoms with van der Waals surface area (Å²) in [6.45, 7) is 1.59. The lowest BCUT2D eigenvalue weighted by Gasteiger charge is -2.22. The summed E-state index contributed by atoms with van der Waals surface area (Å²) in [5, 5.41) is 18.9. The fourth-order valence-electron chi connectivity index (χ4n) is 4.31. The van der Waals surface area contributed by atoms with Crippen molar-refractivity contribution >= 4 is 38.6 Å². The first-order chi connectivity index (χ1) is 17.7. The van der Waals surface area contributed by atoms with E-state index in [0.29, 0.717) is 28.9 Å². The van der Waals surface area contributed by atoms with Crippen molar-refractivity contribution in [3.63, 3.8) is 0 Å². The van der Waals surface area contributed by atoms with E-state index in [1.807, 2.05) is 0 Å². The van der Waals surface area contributed by atoms with Crippen LogP contribution in [-0.4, -0.2) is 70.6 Å². The quantitative estimate of drug-likeness (QED) is 0.254. The highest BCUT2D eigenvalue weighted by Gasteiger charge is 2.27. The van der Waals surface area contributed by atoms with Crippen LogP contribution in [0.2, 0.25) is 0 Å². The van der Waals surface area contributed by atoms with Gasteiger partial charge in [0.05, 0.1) is 12.0 Å². The van der Waals surface area contributed by atoms with Crippen molar-refractivity contribution in [2.75, 3.05) is 33.3 Å². The molecule has 0 unspecified atom stereocenters. The molecule has 1 aliphatic rings. The lowest BCUT2D eigenvalue weighted by molar-refractivity contribution is -0.138. The number of sulfonamides is 1. The molecule has 1 fully saturated rings. The molecular formula is C25H34N4O7S. The van der Waals surface area contributed by atoms with Gasteiger partial charge in [0.2, 0.25) is 21.8 Å². The molecule has 1 heterocycles. The maximum atomic E-state index is 13.0. The maximum Gasteiger partial charge on any atom is 0.323 e. The first kappa shape index (κ1) is 28.4. The molecule has 0 aromatic heterocycles. The van der Waals surface area contributed by atoms with Crippen LogP contribution in [0.5, 0.6) is 5.75 Å². The number of fused-ring (bicyclic) bond motifs is 1. The Balaban J connectivity index is 1.50. The largest absolute Gasteiger partial charge is 0.496 e. The Morgan fingerprint density at radius 1 is 1.03 bits per heavy atom. The van der Waals surface area contributed by atoms with Crippen molar-refractivity contribution in [1.29, 1.82) is 0 Å². The number of carbonyl (C=O) groups excluding carboxylic acids is 2. The van der Waals surface area contributed by atoms with E-state index in [1.165, 1.54) is 19.2 Å². The molecule has 2 amide bonds. The van der Waals surface area contributed by atoms with E-state index in [9.17, 15) is 27.9 Å². The SMILES string of the molecule is COc1cccc2c(S(=O)(=O)N[C@@H](CNC(=O)CCNC(=O)CCC3CCNCC3)C(=O)O)cccc12. The Bertz CT molecular complexity index is 1210. The van der Waals surface area contributed by atoms with Gasteiger partial charge in [-0.2, -0.15) is 4.72 Å². The number of piperidine rings is 1. The number of hydrogen-bond acceptors (Lipinski definition) is 7. The molecule has 0 bridgehead atoms. The molecule has 3 rings (SSSR count). The van der Waals surface area contributed by atoms with E-state index in [2.05, 4.69) is 20.7 Å². The van der Waals surface area contributed by atoms with E-state index in [0.717, 1.165) is 32.4 Å². The highest BCUT2D eigenvalue weighted by Crippen LogP contribution is 2.30. The van der Waals surface area contributed by atoms with E-state index < -0.39 is 34.5 Å². The molecule has 1 atom stereocenters. The second-order valence-electron chi connectivity index (χ2n) is 8.96. The van der Waals surface area contributed by atoms with Crippen LogP contribution in [-0.2, 0) is 24.4 Å². The van der Waals surface area contributed by atoms with Crippen molar-refractivity contribution in [3.8, 4) is 5.75 Å². The minimum absolute atomic E-state index is 0.0543. The lowest BCUT2D eigenvalue weighted by atomic mass is 9.93. The van der Waals surface area contributed by atoms with Gasteiger partial charge in [0.1, 0.15) is 11.8 Å². The van der Waals surface area contributed by atoms with Gasteiger partial charge in [0.25, 0.3) is 0 Å². The second-order valence-corrected chi connectivity index (χ2v) is 10.6. The highest BCUT2D eigenvalue weighted by atomic mass is 32.2. The maximum absolute atomic E-state index is 13.0. The summed E-state index contributed by atoms with van der Waals surface area (Å²) in [5.74, 6) is -1.06. The summed E-state index contributed by atoms with van der Waals surface area (Å²) in [5.41, 5.74) is 0. The van der Waals surface area contributed by atoms with E-state index in [4.69, 9.17) is 4.74 Å². The van der Waals surface area contributed by atoms with E-state index in [-0.39, 0.29) is 23.8 Å². The van der Waals surface area contributed by atoms with Crippen LogP contribution in [0.4, 0.5) is 0 Å². The third-order valence-corrected chi connectivity index (χ3v) is 7.89. The molecule has 0 spiro atoms. The fraction of sp³-hybridized carbons (Fsp3) is 0.480. The summed E-state index contributed by atoms with van der Waals surface area (Å²) in [7, 11) is -2.78. The van der Waals surface area contributed by atoms with Crippen molar-refractivity contribution in [2.24, 2.45) is 5.92 Å². The molecule has 37 heavy (non-hydrogen) atoms. The van der Waals surface area contributed by atoms with Crippen LogP contribution in [0.3, 0.4) is 0 Å². The minimum Gasteiger partial charge on any atom is -0.496 e. The first-order valence-corrected chi connectivity index (χ1v) is 13.7. The Hall–Kier alpha value is -3.22. The van der Waals surface area contributed by atoms with Crippen LogP contribution >= 0.6 is 0 Å². The van der Waals surface area contributed by atoms with Gasteiger partial charge < -0.3 is 25.8 Å². The highest BCUT2D eigenvalue weighted by molar-refractivity contribution is 7.89. The predicted octanol–water partition coefficient (Wildman–Crippen LogP) is 0.982. The van der Waals surface area contributed by atoms with Crippen LogP contribution in [0.15, 0.2) is 41.3 Å². The number of rotatable bonds is 13. The third-order valence-electron chi connectivity index (χ3n) is 6.36. The average Bonchev–Trinajstić information content (AvgIpc) is 2.89. The Morgan fingerprint density at radius 2 is 1.70 bits per heavy atom. The molecule has 0 saturated carbocycles. The topological polar surface area (TPSA) is 163 Å². The predicted molar refractivity (Wildman–Crippen MR) is 138 cm³/mol.